The molecule has 0 bridgehead atoms. The molecule has 0 aliphatic rings. The lowest BCUT2D eigenvalue weighted by atomic mass is 10.5. The monoisotopic (exact) mass is 372 g/mol. The number of carbonyl (C=O) groups excluding carboxylic acids is 3. The zero-order chi connectivity index (χ0) is 17.0. The largest absolute Gasteiger partial charge is 0.463 e. The van der Waals surface area contributed by atoms with Gasteiger partial charge < -0.3 is 18.8 Å². The zero-order valence-corrected chi connectivity index (χ0v) is 15.4. The lowest BCUT2D eigenvalue weighted by Gasteiger charge is -2.12. The van der Waals surface area contributed by atoms with E-state index in [4.69, 9.17) is 14.2 Å². The van der Waals surface area contributed by atoms with Crippen molar-refractivity contribution in [3.63, 3.8) is 0 Å². The quantitative estimate of drug-likeness (QED) is 0.308. The molecule has 0 aliphatic heterocycles. The average Bonchev–Trinajstić information content (AvgIpc) is 2.53. The van der Waals surface area contributed by atoms with E-state index in [1.807, 2.05) is 0 Å². The molecule has 0 atom stereocenters. The third-order valence-corrected chi connectivity index (χ3v) is 8.09. The number of hydrogen-bond donors (Lipinski definition) is 0. The average molecular weight is 372 g/mol. The molecule has 0 aromatic heterocycles. The lowest BCUT2D eigenvalue weighted by Crippen LogP contribution is -2.15. The Bertz CT molecular complexity index is 408. The molecule has 0 saturated carbocycles. The van der Waals surface area contributed by atoms with Crippen molar-refractivity contribution in [3.8, 4) is 0 Å². The Morgan fingerprint density at radius 1 is 0.955 bits per heavy atom. The van der Waals surface area contributed by atoms with Gasteiger partial charge in [0.1, 0.15) is 6.61 Å². The second-order valence-corrected chi connectivity index (χ2v) is 8.88. The first-order valence-electron chi connectivity index (χ1n) is 6.40. The van der Waals surface area contributed by atoms with Crippen LogP contribution < -0.4 is 0 Å². The molecule has 0 N–H and O–H groups in total. The van der Waals surface area contributed by atoms with Crippen LogP contribution in [0.1, 0.15) is 6.42 Å². The fraction of sp³-hybridized carbons (Fsp3) is 0.750. The van der Waals surface area contributed by atoms with E-state index in [9.17, 15) is 18.9 Å². The molecule has 0 saturated heterocycles. The van der Waals surface area contributed by atoms with Crippen LogP contribution in [0.25, 0.3) is 0 Å². The summed E-state index contributed by atoms with van der Waals surface area (Å²) in [5, 5.41) is 0. The summed E-state index contributed by atoms with van der Waals surface area (Å²) in [5.41, 5.74) is 0. The van der Waals surface area contributed by atoms with Gasteiger partial charge in [0, 0.05) is 13.3 Å². The standard InChI is InChI=1S/C12H21O7PS2/c1-17-5-6-18-7-8-19-10(13)4-9-20(16,11(14)21-2)12(15)22-3/h4-9H2,1-3H3. The van der Waals surface area contributed by atoms with Crippen LogP contribution in [0.3, 0.4) is 0 Å². The molecule has 128 valence electrons. The fourth-order valence-corrected chi connectivity index (χ4v) is 5.92. The molecular weight excluding hydrogens is 351 g/mol. The Morgan fingerprint density at radius 2 is 1.50 bits per heavy atom. The van der Waals surface area contributed by atoms with Gasteiger partial charge in [-0.2, -0.15) is 0 Å². The minimum absolute atomic E-state index is 0.0554. The van der Waals surface area contributed by atoms with E-state index in [-0.39, 0.29) is 25.8 Å². The highest BCUT2D eigenvalue weighted by Gasteiger charge is 2.39. The van der Waals surface area contributed by atoms with Crippen molar-refractivity contribution < 1.29 is 33.2 Å². The number of thioether (sulfide) groups is 2. The summed E-state index contributed by atoms with van der Waals surface area (Å²) in [5.74, 6) is -0.613. The zero-order valence-electron chi connectivity index (χ0n) is 12.9. The Kier molecular flexibility index (Phi) is 11.9. The molecule has 10 heteroatoms. The summed E-state index contributed by atoms with van der Waals surface area (Å²) in [7, 11) is -2.16. The summed E-state index contributed by atoms with van der Waals surface area (Å²) < 4.78 is 27.2. The molecule has 0 aliphatic carbocycles. The highest BCUT2D eigenvalue weighted by atomic mass is 32.2. The number of esters is 1. The van der Waals surface area contributed by atoms with Gasteiger partial charge >= 0.3 is 5.97 Å². The molecule has 7 nitrogen and oxygen atoms in total. The molecule has 0 aromatic carbocycles. The van der Waals surface area contributed by atoms with Gasteiger partial charge in [0.05, 0.1) is 26.2 Å². The molecule has 0 rings (SSSR count). The van der Waals surface area contributed by atoms with Crippen molar-refractivity contribution in [2.75, 3.05) is 52.2 Å². The predicted octanol–water partition coefficient (Wildman–Crippen LogP) is 2.91. The van der Waals surface area contributed by atoms with Gasteiger partial charge in [-0.15, -0.1) is 0 Å². The topological polar surface area (TPSA) is 96.0 Å². The number of carbonyl (C=O) groups is 3. The third kappa shape index (κ3) is 7.78. The van der Waals surface area contributed by atoms with Gasteiger partial charge in [0.2, 0.25) is 7.14 Å². The van der Waals surface area contributed by atoms with Crippen LogP contribution in [-0.2, 0) is 23.6 Å². The van der Waals surface area contributed by atoms with Crippen LogP contribution >= 0.6 is 30.7 Å². The van der Waals surface area contributed by atoms with Crippen molar-refractivity contribution in [2.45, 2.75) is 6.42 Å². The maximum absolute atomic E-state index is 12.4. The SMILES string of the molecule is COCCOCCOC(=O)CCP(=O)(C(=O)SC)C(=O)SC. The molecule has 0 spiro atoms. The molecule has 0 fully saturated rings. The number of ether oxygens (including phenoxy) is 3. The molecule has 0 radical (unpaired) electrons. The van der Waals surface area contributed by atoms with Crippen molar-refractivity contribution >= 4 is 46.3 Å². The van der Waals surface area contributed by atoms with E-state index < -0.39 is 22.8 Å². The van der Waals surface area contributed by atoms with Gasteiger partial charge in [0.25, 0.3) is 9.71 Å². The minimum atomic E-state index is -3.71. The van der Waals surface area contributed by atoms with Crippen LogP contribution in [0, 0.1) is 0 Å². The maximum Gasteiger partial charge on any atom is 0.306 e. The van der Waals surface area contributed by atoms with E-state index in [1.54, 1.807) is 7.11 Å². The van der Waals surface area contributed by atoms with Gasteiger partial charge in [-0.25, -0.2) is 0 Å². The van der Waals surface area contributed by atoms with Gasteiger partial charge in [-0.3, -0.25) is 14.4 Å². The molecular formula is C12H21O7PS2. The van der Waals surface area contributed by atoms with Crippen molar-refractivity contribution in [2.24, 2.45) is 0 Å². The summed E-state index contributed by atoms with van der Waals surface area (Å²) in [4.78, 5) is 33.6. The number of rotatable bonds is 11. The smallest absolute Gasteiger partial charge is 0.306 e. The highest BCUT2D eigenvalue weighted by molar-refractivity contribution is 8.38. The highest BCUT2D eigenvalue weighted by Crippen LogP contribution is 2.55. The van der Waals surface area contributed by atoms with Crippen LogP contribution in [-0.4, -0.2) is 67.9 Å². The molecule has 0 aromatic rings. The van der Waals surface area contributed by atoms with Crippen molar-refractivity contribution in [1.29, 1.82) is 0 Å². The summed E-state index contributed by atoms with van der Waals surface area (Å²) in [6.07, 6.45) is 2.38. The third-order valence-electron chi connectivity index (χ3n) is 2.49. The van der Waals surface area contributed by atoms with Gasteiger partial charge in [-0.05, 0) is 12.5 Å². The van der Waals surface area contributed by atoms with Gasteiger partial charge in [0.15, 0.2) is 0 Å². The van der Waals surface area contributed by atoms with Gasteiger partial charge in [-0.1, -0.05) is 23.5 Å². The van der Waals surface area contributed by atoms with Crippen molar-refractivity contribution in [3.05, 3.63) is 0 Å². The first-order valence-corrected chi connectivity index (χ1v) is 10.7. The maximum atomic E-state index is 12.4. The Morgan fingerprint density at radius 3 is 2.00 bits per heavy atom. The minimum Gasteiger partial charge on any atom is -0.463 e. The van der Waals surface area contributed by atoms with Crippen LogP contribution in [0.4, 0.5) is 9.59 Å². The lowest BCUT2D eigenvalue weighted by molar-refractivity contribution is -0.144. The number of hydrogen-bond acceptors (Lipinski definition) is 9. The molecule has 22 heavy (non-hydrogen) atoms. The predicted molar refractivity (Wildman–Crippen MR) is 88.6 cm³/mol. The second kappa shape index (κ2) is 12.1. The van der Waals surface area contributed by atoms with E-state index in [1.165, 1.54) is 12.5 Å². The first-order chi connectivity index (χ1) is 10.4. The normalized spacial score (nSPS) is 11.2. The van der Waals surface area contributed by atoms with E-state index in [2.05, 4.69) is 0 Å². The van der Waals surface area contributed by atoms with Crippen LogP contribution in [0.15, 0.2) is 0 Å². The van der Waals surface area contributed by atoms with E-state index >= 15 is 0 Å². The Balaban J connectivity index is 4.21. The number of methoxy groups -OCH3 is 1. The molecule has 0 unspecified atom stereocenters. The molecule has 0 amide bonds. The van der Waals surface area contributed by atoms with Crippen LogP contribution in [0.5, 0.6) is 0 Å². The molecule has 0 heterocycles. The summed E-state index contributed by atoms with van der Waals surface area (Å²) in [6, 6.07) is 0. The van der Waals surface area contributed by atoms with E-state index in [0.29, 0.717) is 13.2 Å². The Labute approximate surface area is 138 Å². The van der Waals surface area contributed by atoms with E-state index in [0.717, 1.165) is 23.5 Å². The summed E-state index contributed by atoms with van der Waals surface area (Å²) in [6.45, 7) is 1.12. The van der Waals surface area contributed by atoms with Crippen molar-refractivity contribution in [1.82, 2.24) is 0 Å². The summed E-state index contributed by atoms with van der Waals surface area (Å²) >= 11 is 1.47. The first kappa shape index (κ1) is 21.7. The second-order valence-electron chi connectivity index (χ2n) is 3.98. The van der Waals surface area contributed by atoms with Crippen LogP contribution in [0.2, 0.25) is 0 Å². The fourth-order valence-electron chi connectivity index (χ4n) is 1.33. The Hall–Kier alpha value is -0.340.